The van der Waals surface area contributed by atoms with Gasteiger partial charge in [0.1, 0.15) is 5.78 Å². The zero-order valence-corrected chi connectivity index (χ0v) is 14.3. The molecule has 4 unspecified atom stereocenters. The van der Waals surface area contributed by atoms with E-state index in [0.717, 1.165) is 11.1 Å². The first-order chi connectivity index (χ1) is 12.6. The summed E-state index contributed by atoms with van der Waals surface area (Å²) < 4.78 is 0. The van der Waals surface area contributed by atoms with Crippen molar-refractivity contribution in [2.75, 3.05) is 0 Å². The van der Waals surface area contributed by atoms with Crippen molar-refractivity contribution in [3.63, 3.8) is 0 Å². The van der Waals surface area contributed by atoms with Gasteiger partial charge in [-0.25, -0.2) is 4.79 Å². The average molecular weight is 349 g/mol. The largest absolute Gasteiger partial charge is 0.349 e. The normalized spacial score (nSPS) is 31.0. The van der Waals surface area contributed by atoms with Crippen LogP contribution in [0.15, 0.2) is 60.7 Å². The molecule has 0 radical (unpaired) electrons. The maximum Gasteiger partial charge on any atom is 0.349 e. The lowest BCUT2D eigenvalue weighted by Gasteiger charge is -2.45. The Bertz CT molecular complexity index is 846. The van der Waals surface area contributed by atoms with Gasteiger partial charge >= 0.3 is 5.97 Å². The zero-order valence-electron chi connectivity index (χ0n) is 14.3. The average Bonchev–Trinajstić information content (AvgIpc) is 2.96. The highest BCUT2D eigenvalue weighted by Crippen LogP contribution is 2.58. The highest BCUT2D eigenvalue weighted by molar-refractivity contribution is 6.10. The van der Waals surface area contributed by atoms with Crippen molar-refractivity contribution in [3.8, 4) is 0 Å². The van der Waals surface area contributed by atoms with Crippen LogP contribution in [0.1, 0.15) is 36.3 Å². The predicted octanol–water partition coefficient (Wildman–Crippen LogP) is 2.74. The second kappa shape index (κ2) is 6.09. The summed E-state index contributed by atoms with van der Waals surface area (Å²) in [7, 11) is 0. The molecule has 1 spiro atoms. The van der Waals surface area contributed by atoms with Crippen LogP contribution in [-0.4, -0.2) is 17.7 Å². The topological polar surface area (TPSA) is 72.5 Å². The minimum absolute atomic E-state index is 0.0471. The standard InChI is InChI=1S/C21H19NO4/c1-13-17(23)12-16(14-8-4-2-5-9-14)21(19(24)22-26-20(21)25)18(13)15-10-6-3-7-11-15/h2-11,13,16,18H,12H2,1H3,(H,22,24). The molecule has 1 aliphatic carbocycles. The molecule has 1 amide bonds. The fourth-order valence-electron chi connectivity index (χ4n) is 4.55. The maximum atomic E-state index is 13.0. The summed E-state index contributed by atoms with van der Waals surface area (Å²) in [6.07, 6.45) is 0.136. The molecule has 2 aromatic rings. The van der Waals surface area contributed by atoms with Crippen molar-refractivity contribution >= 4 is 17.7 Å². The number of carbonyl (C=O) groups is 3. The number of rotatable bonds is 2. The number of benzene rings is 2. The van der Waals surface area contributed by atoms with Crippen molar-refractivity contribution in [2.24, 2.45) is 11.3 Å². The minimum Gasteiger partial charge on any atom is -0.339 e. The van der Waals surface area contributed by atoms with E-state index in [-0.39, 0.29) is 12.2 Å². The molecule has 132 valence electrons. The Labute approximate surface area is 151 Å². The Kier molecular flexibility index (Phi) is 3.87. The molecular formula is C21H19NO4. The number of ketones is 1. The summed E-state index contributed by atoms with van der Waals surface area (Å²) >= 11 is 0. The van der Waals surface area contributed by atoms with Gasteiger partial charge in [-0.05, 0) is 11.1 Å². The van der Waals surface area contributed by atoms with Gasteiger partial charge in [0.05, 0.1) is 0 Å². The molecule has 26 heavy (non-hydrogen) atoms. The molecule has 1 saturated carbocycles. The summed E-state index contributed by atoms with van der Waals surface area (Å²) in [4.78, 5) is 43.8. The number of hydroxylamine groups is 1. The third-order valence-electron chi connectivity index (χ3n) is 5.76. The molecule has 4 atom stereocenters. The summed E-state index contributed by atoms with van der Waals surface area (Å²) in [6, 6.07) is 18.6. The van der Waals surface area contributed by atoms with Gasteiger partial charge in [-0.3, -0.25) is 9.59 Å². The van der Waals surface area contributed by atoms with Gasteiger partial charge in [-0.1, -0.05) is 67.6 Å². The fraction of sp³-hybridized carbons (Fsp3) is 0.286. The SMILES string of the molecule is CC1C(=O)CC(c2ccccc2)C2(C(=O)NOC2=O)C1c1ccccc1. The third kappa shape index (κ3) is 2.20. The predicted molar refractivity (Wildman–Crippen MR) is 93.8 cm³/mol. The van der Waals surface area contributed by atoms with Gasteiger partial charge < -0.3 is 4.84 Å². The quantitative estimate of drug-likeness (QED) is 0.846. The van der Waals surface area contributed by atoms with E-state index in [0.29, 0.717) is 0 Å². The maximum absolute atomic E-state index is 13.0. The van der Waals surface area contributed by atoms with Crippen molar-refractivity contribution < 1.29 is 19.2 Å². The first-order valence-corrected chi connectivity index (χ1v) is 8.71. The van der Waals surface area contributed by atoms with Crippen molar-refractivity contribution in [1.82, 2.24) is 5.48 Å². The number of hydrogen-bond acceptors (Lipinski definition) is 4. The molecular weight excluding hydrogens is 330 g/mol. The fourth-order valence-corrected chi connectivity index (χ4v) is 4.55. The monoisotopic (exact) mass is 349 g/mol. The zero-order chi connectivity index (χ0) is 18.3. The molecule has 2 fully saturated rings. The molecule has 1 saturated heterocycles. The van der Waals surface area contributed by atoms with Gasteiger partial charge in [0.25, 0.3) is 5.91 Å². The molecule has 1 aliphatic heterocycles. The smallest absolute Gasteiger partial charge is 0.339 e. The van der Waals surface area contributed by atoms with Gasteiger partial charge in [-0.15, -0.1) is 0 Å². The molecule has 1 N–H and O–H groups in total. The van der Waals surface area contributed by atoms with Crippen LogP contribution in [0.3, 0.4) is 0 Å². The van der Waals surface area contributed by atoms with Gasteiger partial charge in [0, 0.05) is 24.2 Å². The number of carbonyl (C=O) groups excluding carboxylic acids is 3. The Morgan fingerprint density at radius 2 is 1.50 bits per heavy atom. The van der Waals surface area contributed by atoms with E-state index in [1.165, 1.54) is 0 Å². The highest BCUT2D eigenvalue weighted by Gasteiger charge is 2.67. The Hall–Kier alpha value is -2.95. The summed E-state index contributed by atoms with van der Waals surface area (Å²) in [5.74, 6) is -2.63. The van der Waals surface area contributed by atoms with Crippen LogP contribution in [0.2, 0.25) is 0 Å². The van der Waals surface area contributed by atoms with Gasteiger partial charge in [0.15, 0.2) is 5.41 Å². The number of Topliss-reactive ketones (excluding diaryl/α,β-unsaturated/α-hetero) is 1. The molecule has 0 bridgehead atoms. The minimum atomic E-state index is -1.45. The van der Waals surface area contributed by atoms with E-state index in [1.54, 1.807) is 6.92 Å². The Morgan fingerprint density at radius 1 is 0.923 bits per heavy atom. The number of hydrogen-bond donors (Lipinski definition) is 1. The Morgan fingerprint density at radius 3 is 2.04 bits per heavy atom. The lowest BCUT2D eigenvalue weighted by Crippen LogP contribution is -2.53. The second-order valence-corrected chi connectivity index (χ2v) is 7.00. The third-order valence-corrected chi connectivity index (χ3v) is 5.76. The van der Waals surface area contributed by atoms with Crippen LogP contribution in [0.25, 0.3) is 0 Å². The van der Waals surface area contributed by atoms with E-state index in [2.05, 4.69) is 5.48 Å². The molecule has 2 aromatic carbocycles. The molecule has 0 aromatic heterocycles. The van der Waals surface area contributed by atoms with E-state index < -0.39 is 35.0 Å². The van der Waals surface area contributed by atoms with E-state index >= 15 is 0 Å². The van der Waals surface area contributed by atoms with Crippen LogP contribution < -0.4 is 5.48 Å². The van der Waals surface area contributed by atoms with Gasteiger partial charge in [0.2, 0.25) is 0 Å². The van der Waals surface area contributed by atoms with Gasteiger partial charge in [-0.2, -0.15) is 5.48 Å². The lowest BCUT2D eigenvalue weighted by atomic mass is 9.53. The molecule has 5 heteroatoms. The van der Waals surface area contributed by atoms with Crippen molar-refractivity contribution in [1.29, 1.82) is 0 Å². The van der Waals surface area contributed by atoms with Crippen LogP contribution in [0, 0.1) is 11.3 Å². The van der Waals surface area contributed by atoms with Crippen molar-refractivity contribution in [2.45, 2.75) is 25.2 Å². The van der Waals surface area contributed by atoms with Crippen LogP contribution >= 0.6 is 0 Å². The lowest BCUT2D eigenvalue weighted by molar-refractivity contribution is -0.156. The molecule has 5 nitrogen and oxygen atoms in total. The first kappa shape index (κ1) is 16.5. The van der Waals surface area contributed by atoms with Crippen LogP contribution in [0.4, 0.5) is 0 Å². The Balaban J connectivity index is 1.97. The van der Waals surface area contributed by atoms with Crippen LogP contribution in [-0.2, 0) is 19.2 Å². The molecule has 2 aliphatic rings. The molecule has 4 rings (SSSR count). The van der Waals surface area contributed by atoms with Crippen LogP contribution in [0.5, 0.6) is 0 Å². The summed E-state index contributed by atoms with van der Waals surface area (Å²) in [5, 5.41) is 0. The number of nitrogens with one attached hydrogen (secondary N) is 1. The molecule has 1 heterocycles. The second-order valence-electron chi connectivity index (χ2n) is 7.00. The van der Waals surface area contributed by atoms with E-state index in [1.807, 2.05) is 60.7 Å². The first-order valence-electron chi connectivity index (χ1n) is 8.71. The highest BCUT2D eigenvalue weighted by atomic mass is 16.7. The van der Waals surface area contributed by atoms with Crippen molar-refractivity contribution in [3.05, 3.63) is 71.8 Å². The van der Waals surface area contributed by atoms with E-state index in [9.17, 15) is 14.4 Å². The summed E-state index contributed by atoms with van der Waals surface area (Å²) in [6.45, 7) is 1.79. The van der Waals surface area contributed by atoms with E-state index in [4.69, 9.17) is 4.84 Å². The number of amides is 1. The summed E-state index contributed by atoms with van der Waals surface area (Å²) in [5.41, 5.74) is 2.41.